The molecule has 4 fully saturated rings. The van der Waals surface area contributed by atoms with Gasteiger partial charge in [-0.3, -0.25) is 9.59 Å². The van der Waals surface area contributed by atoms with E-state index in [-0.39, 0.29) is 36.0 Å². The standard InChI is InChI=1S/C58H72N8O6S2/c1-71-57(69)63-45(25-27-73-3)55(67)65-49-11-7-5-9-41(49)31-51(65)53-59-33-47(61-53)38-23-21-37(22-24-38)43-29-40-20-18-36-15-13-35(14-16-36)17-19-39(43)30-44(40)48-34-60-54(62-48)52-32-42-10-6-8-12-50(42)66(52)56(68)46(26-28-74-4)64-58(70)72-2/h13-16,21-24,29-30,33-34,41-42,45-46,49-52H,5-12,17-20,25-28,31-32H2,1-4H3,(H,59,61)(H,60,62)(H,63,69)(H,64,70). The quantitative estimate of drug-likeness (QED) is 0.0790. The molecule has 4 bridgehead atoms. The number of methoxy groups -OCH3 is 2. The third-order valence-corrected chi connectivity index (χ3v) is 18.1. The first-order valence-corrected chi connectivity index (χ1v) is 29.7. The number of thioether (sulfide) groups is 2. The van der Waals surface area contributed by atoms with Crippen LogP contribution in [0.4, 0.5) is 9.59 Å². The van der Waals surface area contributed by atoms with Crippen LogP contribution in [0.25, 0.3) is 33.6 Å². The fourth-order valence-electron chi connectivity index (χ4n) is 13.0. The number of hydrogen-bond acceptors (Lipinski definition) is 10. The lowest BCUT2D eigenvalue weighted by Gasteiger charge is -2.36. The zero-order valence-electron chi connectivity index (χ0n) is 43.3. The summed E-state index contributed by atoms with van der Waals surface area (Å²) in [6, 6.07) is 21.1. The minimum atomic E-state index is -0.677. The molecule has 2 aromatic heterocycles. The van der Waals surface area contributed by atoms with Gasteiger partial charge >= 0.3 is 12.2 Å². The Labute approximate surface area is 444 Å². The van der Waals surface area contributed by atoms with E-state index in [1.54, 1.807) is 23.5 Å². The zero-order chi connectivity index (χ0) is 51.3. The van der Waals surface area contributed by atoms with E-state index < -0.39 is 24.3 Å². The second-order valence-corrected chi connectivity index (χ2v) is 23.1. The van der Waals surface area contributed by atoms with Gasteiger partial charge in [0, 0.05) is 17.6 Å². The summed E-state index contributed by atoms with van der Waals surface area (Å²) in [6.07, 6.45) is 21.4. The summed E-state index contributed by atoms with van der Waals surface area (Å²) in [5.41, 5.74) is 11.4. The second kappa shape index (κ2) is 23.4. The van der Waals surface area contributed by atoms with Crippen molar-refractivity contribution in [3.05, 3.63) is 107 Å². The van der Waals surface area contributed by atoms with E-state index in [4.69, 9.17) is 19.4 Å². The predicted molar refractivity (Wildman–Crippen MR) is 293 cm³/mol. The number of rotatable bonds is 15. The smallest absolute Gasteiger partial charge is 0.407 e. The van der Waals surface area contributed by atoms with Gasteiger partial charge in [-0.05, 0) is 158 Å². The van der Waals surface area contributed by atoms with E-state index >= 15 is 0 Å². The average molecular weight is 1040 g/mol. The number of benzene rings is 3. The molecule has 0 radical (unpaired) electrons. The lowest BCUT2D eigenvalue weighted by molar-refractivity contribution is -0.138. The van der Waals surface area contributed by atoms with E-state index in [1.807, 2.05) is 29.8 Å². The average Bonchev–Trinajstić information content (AvgIpc) is 4.27. The van der Waals surface area contributed by atoms with E-state index in [1.165, 1.54) is 42.0 Å². The van der Waals surface area contributed by atoms with E-state index in [2.05, 4.69) is 86.2 Å². The highest BCUT2D eigenvalue weighted by atomic mass is 32.2. The maximum absolute atomic E-state index is 14.7. The number of carbonyl (C=O) groups is 4. The van der Waals surface area contributed by atoms with Crippen molar-refractivity contribution in [2.75, 3.05) is 38.2 Å². The van der Waals surface area contributed by atoms with Crippen LogP contribution in [0.2, 0.25) is 0 Å². The predicted octanol–water partition coefficient (Wildman–Crippen LogP) is 10.6. The SMILES string of the molecule is COC(=O)NC(CCSC)C(=O)N1C(c2ncc(-c3ccc(-c4cc5c(-c6cnc(C7CC8CCCCC8N7C(=O)C(CCSC)NC(=O)OC)[nH]6)cc4CCc4ccc(cc4)CC5)cc3)[nH]2)CC2CCCCC21. The maximum Gasteiger partial charge on any atom is 0.407 e. The van der Waals surface area contributed by atoms with Crippen LogP contribution in [-0.4, -0.2) is 116 Å². The van der Waals surface area contributed by atoms with Crippen molar-refractivity contribution in [2.24, 2.45) is 11.8 Å². The number of alkyl carbamates (subject to hydrolysis) is 2. The Morgan fingerprint density at radius 3 is 1.55 bits per heavy atom. The first kappa shape index (κ1) is 51.7. The molecule has 4 heterocycles. The molecule has 6 aliphatic carbocycles. The number of likely N-dealkylation sites (tertiary alicyclic amines) is 2. The summed E-state index contributed by atoms with van der Waals surface area (Å²) in [6.45, 7) is 0. The van der Waals surface area contributed by atoms with E-state index in [9.17, 15) is 19.2 Å². The van der Waals surface area contributed by atoms with Crippen LogP contribution >= 0.6 is 23.5 Å². The van der Waals surface area contributed by atoms with Crippen molar-refractivity contribution >= 4 is 47.5 Å². The number of fused-ring (bicyclic) bond motifs is 2. The van der Waals surface area contributed by atoms with Gasteiger partial charge in [0.25, 0.3) is 0 Å². The largest absolute Gasteiger partial charge is 0.453 e. The van der Waals surface area contributed by atoms with Crippen molar-refractivity contribution in [1.82, 2.24) is 40.4 Å². The van der Waals surface area contributed by atoms with Gasteiger partial charge in [-0.1, -0.05) is 80.3 Å². The minimum Gasteiger partial charge on any atom is -0.453 e. The second-order valence-electron chi connectivity index (χ2n) is 21.1. The molecule has 8 aliphatic rings. The molecule has 5 aromatic rings. The van der Waals surface area contributed by atoms with E-state index in [0.29, 0.717) is 24.7 Å². The molecule has 3 aromatic carbocycles. The summed E-state index contributed by atoms with van der Waals surface area (Å²) in [7, 11) is 2.68. The molecule has 14 nitrogen and oxygen atoms in total. The van der Waals surface area contributed by atoms with Crippen molar-refractivity contribution in [3.63, 3.8) is 0 Å². The third kappa shape index (κ3) is 11.0. The molecular formula is C58H72N8O6S2. The molecule has 4 N–H and O–H groups in total. The highest BCUT2D eigenvalue weighted by molar-refractivity contribution is 7.98. The number of carbonyl (C=O) groups excluding carboxylic acids is 4. The number of aromatic nitrogens is 4. The maximum atomic E-state index is 14.7. The van der Waals surface area contributed by atoms with Crippen LogP contribution < -0.4 is 10.6 Å². The van der Waals surface area contributed by atoms with Gasteiger partial charge in [0.1, 0.15) is 23.7 Å². The van der Waals surface area contributed by atoms with Crippen LogP contribution in [0.1, 0.15) is 123 Å². The summed E-state index contributed by atoms with van der Waals surface area (Å²) >= 11 is 3.32. The highest BCUT2D eigenvalue weighted by Gasteiger charge is 2.49. The van der Waals surface area contributed by atoms with Crippen molar-refractivity contribution in [1.29, 1.82) is 0 Å². The number of nitrogens with one attached hydrogen (secondary N) is 4. The lowest BCUT2D eigenvalue weighted by Crippen LogP contribution is -2.52. The molecule has 2 aliphatic heterocycles. The first-order chi connectivity index (χ1) is 36.1. The number of aromatic amines is 2. The highest BCUT2D eigenvalue weighted by Crippen LogP contribution is 2.48. The van der Waals surface area contributed by atoms with Crippen molar-refractivity contribution in [2.45, 2.75) is 139 Å². The van der Waals surface area contributed by atoms with Crippen LogP contribution in [0, 0.1) is 11.8 Å². The van der Waals surface area contributed by atoms with Gasteiger partial charge in [-0.15, -0.1) is 0 Å². The van der Waals surface area contributed by atoms with Gasteiger partial charge in [-0.25, -0.2) is 19.6 Å². The summed E-state index contributed by atoms with van der Waals surface area (Å²) in [5.74, 6) is 3.72. The summed E-state index contributed by atoms with van der Waals surface area (Å²) < 4.78 is 9.92. The van der Waals surface area contributed by atoms with E-state index in [0.717, 1.165) is 141 Å². The number of H-pyrrole nitrogens is 2. The fraction of sp³-hybridized carbons (Fsp3) is 0.517. The fourth-order valence-corrected chi connectivity index (χ4v) is 13.9. The lowest BCUT2D eigenvalue weighted by atomic mass is 9.84. The topological polar surface area (TPSA) is 175 Å². The molecule has 2 saturated carbocycles. The van der Waals surface area contributed by atoms with Gasteiger partial charge in [-0.2, -0.15) is 23.5 Å². The van der Waals surface area contributed by atoms with Gasteiger partial charge in [0.15, 0.2) is 0 Å². The molecule has 2 saturated heterocycles. The molecule has 13 rings (SSSR count). The summed E-state index contributed by atoms with van der Waals surface area (Å²) in [4.78, 5) is 75.7. The molecular weight excluding hydrogens is 969 g/mol. The Morgan fingerprint density at radius 2 is 1.05 bits per heavy atom. The Balaban J connectivity index is 0.943. The Kier molecular flexibility index (Phi) is 16.4. The first-order valence-electron chi connectivity index (χ1n) is 26.9. The van der Waals surface area contributed by atoms with Crippen molar-refractivity contribution in [3.8, 4) is 33.6 Å². The van der Waals surface area contributed by atoms with Crippen LogP contribution in [-0.2, 0) is 44.7 Å². The Hall–Kier alpha value is -5.74. The Morgan fingerprint density at radius 1 is 0.608 bits per heavy atom. The molecule has 8 unspecified atom stereocenters. The number of hydrogen-bond donors (Lipinski definition) is 4. The van der Waals surface area contributed by atoms with Crippen LogP contribution in [0.3, 0.4) is 0 Å². The minimum absolute atomic E-state index is 0.0558. The third-order valence-electron chi connectivity index (χ3n) is 16.8. The number of nitrogens with zero attached hydrogens (tertiary/aromatic N) is 4. The number of imidazole rings is 2. The molecule has 392 valence electrons. The molecule has 8 atom stereocenters. The zero-order valence-corrected chi connectivity index (χ0v) is 45.0. The molecule has 4 amide bonds. The van der Waals surface area contributed by atoms with Gasteiger partial charge in [0.05, 0.1) is 50.1 Å². The number of aryl methyl sites for hydroxylation is 4. The molecule has 74 heavy (non-hydrogen) atoms. The Bertz CT molecular complexity index is 2780. The number of amides is 4. The molecule has 16 heteroatoms. The van der Waals surface area contributed by atoms with Gasteiger partial charge in [0.2, 0.25) is 11.8 Å². The number of ether oxygens (including phenoxy) is 2. The summed E-state index contributed by atoms with van der Waals surface area (Å²) in [5, 5.41) is 5.72. The van der Waals surface area contributed by atoms with Crippen LogP contribution in [0.15, 0.2) is 73.1 Å². The normalized spacial score (nSPS) is 23.0. The van der Waals surface area contributed by atoms with Crippen LogP contribution in [0.5, 0.6) is 0 Å². The molecule has 0 spiro atoms. The van der Waals surface area contributed by atoms with Crippen molar-refractivity contribution < 1.29 is 28.7 Å². The van der Waals surface area contributed by atoms with Gasteiger partial charge < -0.3 is 39.9 Å². The monoisotopic (exact) mass is 1040 g/mol.